The highest BCUT2D eigenvalue weighted by molar-refractivity contribution is 8.01. The molecule has 1 aliphatic rings. The summed E-state index contributed by atoms with van der Waals surface area (Å²) in [6.45, 7) is 0. The fraction of sp³-hybridized carbons (Fsp3) is 0.556. The minimum atomic E-state index is 0.427. The first-order valence-electron chi connectivity index (χ1n) is 4.42. The van der Waals surface area contributed by atoms with E-state index in [4.69, 9.17) is 0 Å². The number of hydrogen-bond acceptors (Lipinski definition) is 4. The molecule has 0 saturated heterocycles. The van der Waals surface area contributed by atoms with Crippen molar-refractivity contribution in [3.63, 3.8) is 0 Å². The smallest absolute Gasteiger partial charge is 0.150 e. The molecule has 1 aromatic heterocycles. The van der Waals surface area contributed by atoms with E-state index in [1.54, 1.807) is 11.3 Å². The van der Waals surface area contributed by atoms with Crippen molar-refractivity contribution < 1.29 is 4.79 Å². The number of rotatable bonds is 2. The SMILES string of the molecule is O=C1CCC(Sc2nccs2)CC1. The van der Waals surface area contributed by atoms with Crippen molar-refractivity contribution >= 4 is 28.9 Å². The quantitative estimate of drug-likeness (QED) is 0.756. The topological polar surface area (TPSA) is 30.0 Å². The van der Waals surface area contributed by atoms with Crippen LogP contribution in [0.2, 0.25) is 0 Å². The van der Waals surface area contributed by atoms with E-state index in [0.29, 0.717) is 11.0 Å². The molecule has 13 heavy (non-hydrogen) atoms. The molecule has 70 valence electrons. The first-order valence-corrected chi connectivity index (χ1v) is 6.18. The number of carbonyl (C=O) groups excluding carboxylic acids is 1. The van der Waals surface area contributed by atoms with E-state index in [1.165, 1.54) is 0 Å². The van der Waals surface area contributed by atoms with Crippen LogP contribution in [0, 0.1) is 0 Å². The number of Topliss-reactive ketones (excluding diaryl/α,β-unsaturated/α-hetero) is 1. The molecule has 4 heteroatoms. The van der Waals surface area contributed by atoms with Crippen molar-refractivity contribution in [2.45, 2.75) is 35.3 Å². The summed E-state index contributed by atoms with van der Waals surface area (Å²) in [4.78, 5) is 15.2. The van der Waals surface area contributed by atoms with Crippen LogP contribution in [0.3, 0.4) is 0 Å². The van der Waals surface area contributed by atoms with Gasteiger partial charge in [0.25, 0.3) is 0 Å². The van der Waals surface area contributed by atoms with E-state index in [0.717, 1.165) is 30.0 Å². The van der Waals surface area contributed by atoms with Crippen molar-refractivity contribution in [1.82, 2.24) is 4.98 Å². The number of aromatic nitrogens is 1. The van der Waals surface area contributed by atoms with Gasteiger partial charge in [-0.3, -0.25) is 4.79 Å². The van der Waals surface area contributed by atoms with Crippen LogP contribution in [0.4, 0.5) is 0 Å². The lowest BCUT2D eigenvalue weighted by Gasteiger charge is -2.18. The van der Waals surface area contributed by atoms with Gasteiger partial charge < -0.3 is 0 Å². The standard InChI is InChI=1S/C9H11NOS2/c11-7-1-3-8(4-2-7)13-9-10-5-6-12-9/h5-6,8H,1-4H2. The van der Waals surface area contributed by atoms with Crippen molar-refractivity contribution in [1.29, 1.82) is 0 Å². The lowest BCUT2D eigenvalue weighted by Crippen LogP contribution is -2.15. The maximum absolute atomic E-state index is 11.0. The predicted molar refractivity (Wildman–Crippen MR) is 55.2 cm³/mol. The van der Waals surface area contributed by atoms with Gasteiger partial charge in [-0.2, -0.15) is 0 Å². The Balaban J connectivity index is 1.86. The molecule has 0 radical (unpaired) electrons. The van der Waals surface area contributed by atoms with Gasteiger partial charge in [0.05, 0.1) is 0 Å². The number of thioether (sulfide) groups is 1. The van der Waals surface area contributed by atoms with Gasteiger partial charge in [0.2, 0.25) is 0 Å². The molecule has 2 rings (SSSR count). The Morgan fingerprint density at radius 1 is 1.46 bits per heavy atom. The highest BCUT2D eigenvalue weighted by Gasteiger charge is 2.20. The van der Waals surface area contributed by atoms with Gasteiger partial charge >= 0.3 is 0 Å². The molecule has 0 atom stereocenters. The van der Waals surface area contributed by atoms with Gasteiger partial charge in [0, 0.05) is 29.7 Å². The van der Waals surface area contributed by atoms with Gasteiger partial charge in [-0.1, -0.05) is 11.8 Å². The number of hydrogen-bond donors (Lipinski definition) is 0. The largest absolute Gasteiger partial charge is 0.300 e. The molecule has 1 aliphatic carbocycles. The summed E-state index contributed by atoms with van der Waals surface area (Å²) in [7, 11) is 0. The molecule has 0 N–H and O–H groups in total. The monoisotopic (exact) mass is 213 g/mol. The highest BCUT2D eigenvalue weighted by atomic mass is 32.2. The van der Waals surface area contributed by atoms with Crippen molar-refractivity contribution in [3.8, 4) is 0 Å². The Hall–Kier alpha value is -0.350. The first-order chi connectivity index (χ1) is 6.34. The second-order valence-corrected chi connectivity index (χ2v) is 5.60. The first kappa shape index (κ1) is 9.21. The van der Waals surface area contributed by atoms with Crippen LogP contribution >= 0.6 is 23.1 Å². The molecule has 1 fully saturated rings. The number of nitrogens with zero attached hydrogens (tertiary/aromatic N) is 1. The van der Waals surface area contributed by atoms with Crippen LogP contribution in [0.5, 0.6) is 0 Å². The lowest BCUT2D eigenvalue weighted by molar-refractivity contribution is -0.120. The Kier molecular flexibility index (Phi) is 3.01. The molecule has 1 aromatic rings. The fourth-order valence-electron chi connectivity index (χ4n) is 1.44. The van der Waals surface area contributed by atoms with Crippen LogP contribution in [0.15, 0.2) is 15.9 Å². The Bertz CT molecular complexity index is 274. The van der Waals surface area contributed by atoms with Gasteiger partial charge in [-0.25, -0.2) is 4.98 Å². The van der Waals surface area contributed by atoms with Crippen molar-refractivity contribution in [3.05, 3.63) is 11.6 Å². The van der Waals surface area contributed by atoms with E-state index in [1.807, 2.05) is 23.3 Å². The number of ketones is 1. The minimum absolute atomic E-state index is 0.427. The Morgan fingerprint density at radius 2 is 2.23 bits per heavy atom. The second-order valence-electron chi connectivity index (χ2n) is 3.15. The summed E-state index contributed by atoms with van der Waals surface area (Å²) >= 11 is 3.51. The average molecular weight is 213 g/mol. The third kappa shape index (κ3) is 2.54. The predicted octanol–water partition coefficient (Wildman–Crippen LogP) is 2.75. The third-order valence-electron chi connectivity index (χ3n) is 2.17. The summed E-state index contributed by atoms with van der Waals surface area (Å²) in [6.07, 6.45) is 5.43. The molecule has 0 bridgehead atoms. The molecule has 0 amide bonds. The maximum Gasteiger partial charge on any atom is 0.150 e. The fourth-order valence-corrected chi connectivity index (χ4v) is 3.48. The number of carbonyl (C=O) groups is 1. The van der Waals surface area contributed by atoms with Crippen LogP contribution in [-0.4, -0.2) is 16.0 Å². The van der Waals surface area contributed by atoms with Crippen LogP contribution in [0.25, 0.3) is 0 Å². The summed E-state index contributed by atoms with van der Waals surface area (Å²) in [5.74, 6) is 0.427. The molecule has 0 aromatic carbocycles. The van der Waals surface area contributed by atoms with E-state index < -0.39 is 0 Å². The zero-order valence-electron chi connectivity index (χ0n) is 7.23. The minimum Gasteiger partial charge on any atom is -0.300 e. The molecule has 2 nitrogen and oxygen atoms in total. The molecule has 0 spiro atoms. The second kappa shape index (κ2) is 4.24. The molecule has 1 heterocycles. The van der Waals surface area contributed by atoms with E-state index in [-0.39, 0.29) is 0 Å². The summed E-state index contributed by atoms with van der Waals surface area (Å²) in [6, 6.07) is 0. The lowest BCUT2D eigenvalue weighted by atomic mass is 9.99. The molecule has 1 saturated carbocycles. The Morgan fingerprint density at radius 3 is 2.85 bits per heavy atom. The van der Waals surface area contributed by atoms with Gasteiger partial charge in [0.15, 0.2) is 0 Å². The van der Waals surface area contributed by atoms with Crippen LogP contribution < -0.4 is 0 Å². The molecule has 0 aliphatic heterocycles. The average Bonchev–Trinajstić information content (AvgIpc) is 2.62. The third-order valence-corrected chi connectivity index (χ3v) is 4.42. The molecular weight excluding hydrogens is 202 g/mol. The van der Waals surface area contributed by atoms with E-state index in [2.05, 4.69) is 4.98 Å². The summed E-state index contributed by atoms with van der Waals surface area (Å²) in [5.41, 5.74) is 0. The van der Waals surface area contributed by atoms with Crippen LogP contribution in [-0.2, 0) is 4.79 Å². The highest BCUT2D eigenvalue weighted by Crippen LogP contribution is 2.33. The zero-order chi connectivity index (χ0) is 9.10. The molecule has 0 unspecified atom stereocenters. The van der Waals surface area contributed by atoms with E-state index >= 15 is 0 Å². The normalized spacial score (nSPS) is 19.2. The maximum atomic E-state index is 11.0. The summed E-state index contributed by atoms with van der Waals surface area (Å²) in [5, 5.41) is 2.61. The van der Waals surface area contributed by atoms with Crippen LogP contribution in [0.1, 0.15) is 25.7 Å². The summed E-state index contributed by atoms with van der Waals surface area (Å²) < 4.78 is 1.14. The Labute approximate surface area is 85.8 Å². The van der Waals surface area contributed by atoms with Gasteiger partial charge in [-0.15, -0.1) is 11.3 Å². The van der Waals surface area contributed by atoms with Gasteiger partial charge in [-0.05, 0) is 12.8 Å². The molecular formula is C9H11NOS2. The van der Waals surface area contributed by atoms with Crippen molar-refractivity contribution in [2.24, 2.45) is 0 Å². The van der Waals surface area contributed by atoms with Gasteiger partial charge in [0.1, 0.15) is 10.1 Å². The number of thiazole rings is 1. The zero-order valence-corrected chi connectivity index (χ0v) is 8.87. The van der Waals surface area contributed by atoms with Crippen molar-refractivity contribution in [2.75, 3.05) is 0 Å². The van der Waals surface area contributed by atoms with E-state index in [9.17, 15) is 4.79 Å².